The number of piperazine rings is 1. The SMILES string of the molecule is COc1ccc(N2CC[NH+](CC(=O)Nc3cccc(Cl)c3Cl)CC2)cc1. The van der Waals surface area contributed by atoms with E-state index >= 15 is 0 Å². The molecular formula is C19H22Cl2N3O2+. The number of carbonyl (C=O) groups excluding carboxylic acids is 1. The summed E-state index contributed by atoms with van der Waals surface area (Å²) in [4.78, 5) is 15.9. The molecule has 1 aliphatic rings. The third-order valence-corrected chi connectivity index (χ3v) is 5.36. The van der Waals surface area contributed by atoms with Gasteiger partial charge in [-0.2, -0.15) is 0 Å². The van der Waals surface area contributed by atoms with Crippen LogP contribution in [0.3, 0.4) is 0 Å². The highest BCUT2D eigenvalue weighted by molar-refractivity contribution is 6.43. The van der Waals surface area contributed by atoms with Gasteiger partial charge in [0.15, 0.2) is 6.54 Å². The fourth-order valence-electron chi connectivity index (χ4n) is 3.07. The third-order valence-electron chi connectivity index (χ3n) is 4.54. The molecule has 0 aromatic heterocycles. The topological polar surface area (TPSA) is 46.0 Å². The molecule has 5 nitrogen and oxygen atoms in total. The number of carbonyl (C=O) groups is 1. The first-order valence-electron chi connectivity index (χ1n) is 8.53. The minimum Gasteiger partial charge on any atom is -0.497 e. The average molecular weight is 395 g/mol. The number of amides is 1. The second-order valence-corrected chi connectivity index (χ2v) is 7.05. The Morgan fingerprint density at radius 3 is 2.50 bits per heavy atom. The highest BCUT2D eigenvalue weighted by Crippen LogP contribution is 2.29. The molecule has 0 saturated carbocycles. The lowest BCUT2D eigenvalue weighted by atomic mass is 10.2. The Labute approximate surface area is 163 Å². The van der Waals surface area contributed by atoms with Gasteiger partial charge in [0.1, 0.15) is 5.75 Å². The van der Waals surface area contributed by atoms with E-state index in [1.165, 1.54) is 10.6 Å². The van der Waals surface area contributed by atoms with Gasteiger partial charge < -0.3 is 19.9 Å². The van der Waals surface area contributed by atoms with Crippen LogP contribution in [0.25, 0.3) is 0 Å². The van der Waals surface area contributed by atoms with Crippen molar-refractivity contribution in [3.8, 4) is 5.75 Å². The number of quaternary nitrogens is 1. The van der Waals surface area contributed by atoms with Crippen LogP contribution < -0.4 is 19.9 Å². The van der Waals surface area contributed by atoms with Gasteiger partial charge in [-0.05, 0) is 36.4 Å². The normalized spacial score (nSPS) is 15.0. The van der Waals surface area contributed by atoms with E-state index in [1.54, 1.807) is 25.3 Å². The molecule has 1 heterocycles. The van der Waals surface area contributed by atoms with Crippen molar-refractivity contribution >= 4 is 40.5 Å². The second kappa shape index (κ2) is 8.62. The van der Waals surface area contributed by atoms with Crippen molar-refractivity contribution in [2.75, 3.05) is 50.1 Å². The zero-order valence-corrected chi connectivity index (χ0v) is 16.1. The van der Waals surface area contributed by atoms with Crippen molar-refractivity contribution in [1.82, 2.24) is 0 Å². The van der Waals surface area contributed by atoms with E-state index in [2.05, 4.69) is 22.3 Å². The summed E-state index contributed by atoms with van der Waals surface area (Å²) >= 11 is 12.1. The number of hydrogen-bond donors (Lipinski definition) is 2. The van der Waals surface area contributed by atoms with Crippen LogP contribution in [0.2, 0.25) is 10.0 Å². The molecule has 0 atom stereocenters. The van der Waals surface area contributed by atoms with E-state index in [-0.39, 0.29) is 5.91 Å². The number of ether oxygens (including phenoxy) is 1. The maximum Gasteiger partial charge on any atom is 0.279 e. The Kier molecular flexibility index (Phi) is 6.25. The van der Waals surface area contributed by atoms with Gasteiger partial charge in [0.2, 0.25) is 0 Å². The summed E-state index contributed by atoms with van der Waals surface area (Å²) in [6.07, 6.45) is 0. The zero-order chi connectivity index (χ0) is 18.5. The van der Waals surface area contributed by atoms with Gasteiger partial charge in [-0.3, -0.25) is 4.79 Å². The van der Waals surface area contributed by atoms with Crippen molar-refractivity contribution in [2.24, 2.45) is 0 Å². The smallest absolute Gasteiger partial charge is 0.279 e. The molecule has 7 heteroatoms. The maximum absolute atomic E-state index is 12.3. The lowest BCUT2D eigenvalue weighted by Crippen LogP contribution is -3.15. The first-order valence-corrected chi connectivity index (χ1v) is 9.29. The highest BCUT2D eigenvalue weighted by atomic mass is 35.5. The van der Waals surface area contributed by atoms with E-state index < -0.39 is 0 Å². The van der Waals surface area contributed by atoms with Crippen molar-refractivity contribution in [1.29, 1.82) is 0 Å². The molecule has 1 saturated heterocycles. The monoisotopic (exact) mass is 394 g/mol. The fourth-order valence-corrected chi connectivity index (χ4v) is 3.42. The predicted octanol–water partition coefficient (Wildman–Crippen LogP) is 2.35. The van der Waals surface area contributed by atoms with Crippen LogP contribution in [-0.2, 0) is 4.79 Å². The summed E-state index contributed by atoms with van der Waals surface area (Å²) in [5.41, 5.74) is 1.74. The van der Waals surface area contributed by atoms with Gasteiger partial charge in [0.05, 0.1) is 49.0 Å². The summed E-state index contributed by atoms with van der Waals surface area (Å²) in [7, 11) is 1.67. The molecule has 1 aliphatic heterocycles. The summed E-state index contributed by atoms with van der Waals surface area (Å²) in [5, 5.41) is 3.66. The Hall–Kier alpha value is -1.95. The van der Waals surface area contributed by atoms with Gasteiger partial charge in [-0.25, -0.2) is 0 Å². The standard InChI is InChI=1S/C19H21Cl2N3O2/c1-26-15-7-5-14(6-8-15)24-11-9-23(10-12-24)13-18(25)22-17-4-2-3-16(20)19(17)21/h2-8H,9-13H2,1H3,(H,22,25)/p+1. The number of benzene rings is 2. The number of anilines is 2. The number of nitrogens with one attached hydrogen (secondary N) is 2. The van der Waals surface area contributed by atoms with Crippen LogP contribution >= 0.6 is 23.2 Å². The predicted molar refractivity (Wildman–Crippen MR) is 106 cm³/mol. The zero-order valence-electron chi connectivity index (χ0n) is 14.6. The Morgan fingerprint density at radius 1 is 1.15 bits per heavy atom. The number of nitrogens with zero attached hydrogens (tertiary/aromatic N) is 1. The largest absolute Gasteiger partial charge is 0.497 e. The van der Waals surface area contributed by atoms with Crippen LogP contribution in [0.1, 0.15) is 0 Å². The van der Waals surface area contributed by atoms with Crippen molar-refractivity contribution in [3.63, 3.8) is 0 Å². The lowest BCUT2D eigenvalue weighted by molar-refractivity contribution is -0.892. The summed E-state index contributed by atoms with van der Waals surface area (Å²) in [5.74, 6) is 0.802. The van der Waals surface area contributed by atoms with E-state index in [4.69, 9.17) is 27.9 Å². The van der Waals surface area contributed by atoms with Crippen LogP contribution in [0.15, 0.2) is 42.5 Å². The van der Waals surface area contributed by atoms with Gasteiger partial charge in [-0.1, -0.05) is 29.3 Å². The molecule has 26 heavy (non-hydrogen) atoms. The van der Waals surface area contributed by atoms with Crippen LogP contribution in [0, 0.1) is 0 Å². The van der Waals surface area contributed by atoms with Crippen LogP contribution in [0.5, 0.6) is 5.75 Å². The van der Waals surface area contributed by atoms with Gasteiger partial charge in [0, 0.05) is 5.69 Å². The summed E-state index contributed by atoms with van der Waals surface area (Å²) in [6.45, 7) is 4.05. The number of hydrogen-bond acceptors (Lipinski definition) is 3. The summed E-state index contributed by atoms with van der Waals surface area (Å²) < 4.78 is 5.20. The number of methoxy groups -OCH3 is 1. The van der Waals surface area contributed by atoms with E-state index in [9.17, 15) is 4.79 Å². The molecule has 1 fully saturated rings. The minimum absolute atomic E-state index is 0.0536. The molecule has 3 rings (SSSR count). The molecule has 2 N–H and O–H groups in total. The fraction of sp³-hybridized carbons (Fsp3) is 0.316. The maximum atomic E-state index is 12.3. The van der Waals surface area contributed by atoms with Crippen LogP contribution in [0.4, 0.5) is 11.4 Å². The van der Waals surface area contributed by atoms with Gasteiger partial charge in [-0.15, -0.1) is 0 Å². The molecular weight excluding hydrogens is 373 g/mol. The molecule has 1 amide bonds. The second-order valence-electron chi connectivity index (χ2n) is 6.26. The molecule has 2 aromatic carbocycles. The van der Waals surface area contributed by atoms with E-state index in [0.717, 1.165) is 31.9 Å². The Bertz CT molecular complexity index is 760. The molecule has 2 aromatic rings. The van der Waals surface area contributed by atoms with E-state index in [1.807, 2.05) is 12.1 Å². The molecule has 0 unspecified atom stereocenters. The average Bonchev–Trinajstić information content (AvgIpc) is 2.66. The van der Waals surface area contributed by atoms with Crippen LogP contribution in [-0.4, -0.2) is 45.7 Å². The molecule has 0 bridgehead atoms. The van der Waals surface area contributed by atoms with Crippen molar-refractivity contribution in [3.05, 3.63) is 52.5 Å². The highest BCUT2D eigenvalue weighted by Gasteiger charge is 2.22. The molecule has 0 aliphatic carbocycles. The molecule has 0 spiro atoms. The first-order chi connectivity index (χ1) is 12.6. The quantitative estimate of drug-likeness (QED) is 0.817. The van der Waals surface area contributed by atoms with Crippen molar-refractivity contribution in [2.45, 2.75) is 0 Å². The lowest BCUT2D eigenvalue weighted by Gasteiger charge is -2.33. The molecule has 138 valence electrons. The number of halogens is 2. The minimum atomic E-state index is -0.0536. The third kappa shape index (κ3) is 4.61. The Balaban J connectivity index is 1.50. The molecule has 0 radical (unpaired) electrons. The van der Waals surface area contributed by atoms with Gasteiger partial charge in [0.25, 0.3) is 5.91 Å². The van der Waals surface area contributed by atoms with Crippen molar-refractivity contribution < 1.29 is 14.4 Å². The summed E-state index contributed by atoms with van der Waals surface area (Å²) in [6, 6.07) is 13.3. The van der Waals surface area contributed by atoms with E-state index in [0.29, 0.717) is 22.3 Å². The Morgan fingerprint density at radius 2 is 1.85 bits per heavy atom. The number of rotatable bonds is 5. The van der Waals surface area contributed by atoms with Gasteiger partial charge >= 0.3 is 0 Å². The first kappa shape index (κ1) is 18.8.